The number of rotatable bonds is 5. The van der Waals surface area contributed by atoms with Gasteiger partial charge in [-0.1, -0.05) is 6.08 Å². The van der Waals surface area contributed by atoms with Crippen LogP contribution in [0.4, 0.5) is 0 Å². The van der Waals surface area contributed by atoms with Crippen molar-refractivity contribution in [3.05, 3.63) is 12.2 Å². The molecule has 1 N–H and O–H groups in total. The molecule has 2 aliphatic rings. The van der Waals surface area contributed by atoms with E-state index in [-0.39, 0.29) is 12.8 Å². The van der Waals surface area contributed by atoms with Crippen molar-refractivity contribution in [2.45, 2.75) is 44.0 Å². The Morgan fingerprint density at radius 2 is 1.58 bits per heavy atom. The summed E-state index contributed by atoms with van der Waals surface area (Å²) >= 11 is 0. The molecule has 0 heterocycles. The van der Waals surface area contributed by atoms with Crippen LogP contribution in [0.3, 0.4) is 0 Å². The van der Waals surface area contributed by atoms with Crippen LogP contribution in [0.25, 0.3) is 0 Å². The van der Waals surface area contributed by atoms with E-state index in [9.17, 15) is 26.7 Å². The van der Waals surface area contributed by atoms with Crippen molar-refractivity contribution < 1.29 is 35.1 Å². The molecule has 2 aliphatic carbocycles. The molecule has 0 aromatic rings. The normalized spacial score (nSPS) is 37.0. The number of allylic oxidation sites excluding steroid dienone is 1. The van der Waals surface area contributed by atoms with Crippen molar-refractivity contribution in [1.82, 2.24) is 0 Å². The van der Waals surface area contributed by atoms with Gasteiger partial charge in [0.25, 0.3) is 20.2 Å². The van der Waals surface area contributed by atoms with E-state index in [1.165, 1.54) is 13.0 Å². The third-order valence-corrected chi connectivity index (χ3v) is 5.72. The van der Waals surface area contributed by atoms with E-state index in [0.717, 1.165) is 12.5 Å². The lowest BCUT2D eigenvalue weighted by Gasteiger charge is -2.48. The van der Waals surface area contributed by atoms with Gasteiger partial charge in [0.15, 0.2) is 5.78 Å². The third-order valence-electron chi connectivity index (χ3n) is 4.52. The number of Topliss-reactive ketones (excluding diaryl/α,β-unsaturated/α-hetero) is 1. The number of hydrogen-bond acceptors (Lipinski definition) is 8. The lowest BCUT2D eigenvalue weighted by atomic mass is 9.62. The molecular weight excluding hydrogens is 360 g/mol. The molecule has 138 valence electrons. The highest BCUT2D eigenvalue weighted by molar-refractivity contribution is 7.86. The van der Waals surface area contributed by atoms with E-state index in [1.54, 1.807) is 6.08 Å². The summed E-state index contributed by atoms with van der Waals surface area (Å²) in [6.45, 7) is 1.20. The standard InChI is InChI=1S/C14H22O8S2/c1-9(15)14(16)8-4-5-10-11(21-23(2,17)18)6-7-12(13(10)14)22-24(3,19)20/h4,8,10-13,16H,5-7H2,1-3H3. The highest BCUT2D eigenvalue weighted by Crippen LogP contribution is 2.46. The van der Waals surface area contributed by atoms with Crippen LogP contribution in [0.1, 0.15) is 26.2 Å². The minimum Gasteiger partial charge on any atom is -0.378 e. The molecule has 5 atom stereocenters. The van der Waals surface area contributed by atoms with E-state index in [0.29, 0.717) is 6.42 Å². The summed E-state index contributed by atoms with van der Waals surface area (Å²) in [5.74, 6) is -2.02. The van der Waals surface area contributed by atoms with Crippen LogP contribution in [0.5, 0.6) is 0 Å². The smallest absolute Gasteiger partial charge is 0.264 e. The lowest BCUT2D eigenvalue weighted by Crippen LogP contribution is -2.59. The molecule has 0 aromatic heterocycles. The molecule has 24 heavy (non-hydrogen) atoms. The molecule has 10 heteroatoms. The number of ketones is 1. The minimum atomic E-state index is -3.81. The van der Waals surface area contributed by atoms with Crippen LogP contribution in [0.15, 0.2) is 12.2 Å². The largest absolute Gasteiger partial charge is 0.378 e. The zero-order valence-electron chi connectivity index (χ0n) is 13.7. The summed E-state index contributed by atoms with van der Waals surface area (Å²) < 4.78 is 56.2. The highest BCUT2D eigenvalue weighted by Gasteiger charge is 2.55. The minimum absolute atomic E-state index is 0.151. The van der Waals surface area contributed by atoms with E-state index >= 15 is 0 Å². The van der Waals surface area contributed by atoms with Gasteiger partial charge in [0, 0.05) is 5.92 Å². The van der Waals surface area contributed by atoms with E-state index in [2.05, 4.69) is 0 Å². The number of fused-ring (bicyclic) bond motifs is 1. The Balaban J connectivity index is 2.44. The molecule has 0 amide bonds. The van der Waals surface area contributed by atoms with Gasteiger partial charge in [0.1, 0.15) is 5.60 Å². The van der Waals surface area contributed by atoms with Gasteiger partial charge >= 0.3 is 0 Å². The van der Waals surface area contributed by atoms with Crippen molar-refractivity contribution in [2.75, 3.05) is 12.5 Å². The van der Waals surface area contributed by atoms with Crippen molar-refractivity contribution in [1.29, 1.82) is 0 Å². The monoisotopic (exact) mass is 382 g/mol. The van der Waals surface area contributed by atoms with Crippen molar-refractivity contribution >= 4 is 26.0 Å². The van der Waals surface area contributed by atoms with Gasteiger partial charge in [-0.3, -0.25) is 13.2 Å². The first-order chi connectivity index (χ1) is 10.8. The fourth-order valence-corrected chi connectivity index (χ4v) is 5.03. The molecular formula is C14H22O8S2. The summed E-state index contributed by atoms with van der Waals surface area (Å²) in [7, 11) is -7.54. The molecule has 5 unspecified atom stereocenters. The van der Waals surface area contributed by atoms with E-state index < -0.39 is 55.7 Å². The second-order valence-electron chi connectivity index (χ2n) is 6.46. The first-order valence-electron chi connectivity index (χ1n) is 7.51. The molecule has 1 saturated carbocycles. The Bertz CT molecular complexity index is 739. The number of aliphatic hydroxyl groups is 1. The zero-order valence-corrected chi connectivity index (χ0v) is 15.3. The summed E-state index contributed by atoms with van der Waals surface area (Å²) in [6.07, 6.45) is 3.81. The topological polar surface area (TPSA) is 124 Å². The van der Waals surface area contributed by atoms with Gasteiger partial charge < -0.3 is 5.11 Å². The number of hydrogen-bond donors (Lipinski definition) is 1. The van der Waals surface area contributed by atoms with Crippen LogP contribution in [0.2, 0.25) is 0 Å². The van der Waals surface area contributed by atoms with Gasteiger partial charge in [-0.15, -0.1) is 0 Å². The first kappa shape index (κ1) is 19.5. The summed E-state index contributed by atoms with van der Waals surface area (Å²) in [6, 6.07) is 0. The predicted molar refractivity (Wildman–Crippen MR) is 85.0 cm³/mol. The Morgan fingerprint density at radius 3 is 2.08 bits per heavy atom. The number of carbonyl (C=O) groups excluding carboxylic acids is 1. The Kier molecular flexibility index (Phi) is 5.27. The molecule has 0 bridgehead atoms. The lowest BCUT2D eigenvalue weighted by molar-refractivity contribution is -0.152. The van der Waals surface area contributed by atoms with Crippen LogP contribution >= 0.6 is 0 Å². The maximum absolute atomic E-state index is 12.0. The van der Waals surface area contributed by atoms with Crippen molar-refractivity contribution in [2.24, 2.45) is 11.8 Å². The van der Waals surface area contributed by atoms with Gasteiger partial charge in [0.05, 0.1) is 24.7 Å². The van der Waals surface area contributed by atoms with E-state index in [4.69, 9.17) is 8.37 Å². The highest BCUT2D eigenvalue weighted by atomic mass is 32.2. The SMILES string of the molecule is CC(=O)C1(O)C=CCC2C(OS(C)(=O)=O)CCC(OS(C)(=O)=O)C21. The fourth-order valence-electron chi connectivity index (χ4n) is 3.68. The van der Waals surface area contributed by atoms with Crippen LogP contribution in [-0.2, 0) is 33.4 Å². The zero-order chi connectivity index (χ0) is 18.3. The third kappa shape index (κ3) is 4.23. The van der Waals surface area contributed by atoms with E-state index in [1.807, 2.05) is 0 Å². The average molecular weight is 382 g/mol. The summed E-state index contributed by atoms with van der Waals surface area (Å²) in [5, 5.41) is 10.8. The van der Waals surface area contributed by atoms with Crippen LogP contribution in [0, 0.1) is 11.8 Å². The van der Waals surface area contributed by atoms with Gasteiger partial charge in [-0.2, -0.15) is 16.8 Å². The van der Waals surface area contributed by atoms with Crippen molar-refractivity contribution in [3.63, 3.8) is 0 Å². The Labute approximate surface area is 142 Å². The molecule has 0 aromatic carbocycles. The average Bonchev–Trinajstić information content (AvgIpc) is 2.38. The summed E-state index contributed by atoms with van der Waals surface area (Å²) in [4.78, 5) is 12.0. The number of carbonyl (C=O) groups is 1. The Hall–Kier alpha value is -0.810. The molecule has 0 saturated heterocycles. The molecule has 0 spiro atoms. The second kappa shape index (κ2) is 6.49. The maximum atomic E-state index is 12.0. The molecule has 1 fully saturated rings. The second-order valence-corrected chi connectivity index (χ2v) is 9.67. The van der Waals surface area contributed by atoms with Crippen LogP contribution in [-0.4, -0.2) is 58.0 Å². The van der Waals surface area contributed by atoms with Crippen LogP contribution < -0.4 is 0 Å². The molecule has 0 radical (unpaired) electrons. The molecule has 8 nitrogen and oxygen atoms in total. The van der Waals surface area contributed by atoms with Gasteiger partial charge in [-0.05, 0) is 38.2 Å². The van der Waals surface area contributed by atoms with Crippen molar-refractivity contribution in [3.8, 4) is 0 Å². The quantitative estimate of drug-likeness (QED) is 0.520. The molecule has 0 aliphatic heterocycles. The Morgan fingerprint density at radius 1 is 1.08 bits per heavy atom. The van der Waals surface area contributed by atoms with Gasteiger partial charge in [-0.25, -0.2) is 0 Å². The van der Waals surface area contributed by atoms with Gasteiger partial charge in [0.2, 0.25) is 0 Å². The fraction of sp³-hybridized carbons (Fsp3) is 0.786. The predicted octanol–water partition coefficient (Wildman–Crippen LogP) is -0.0178. The molecule has 2 rings (SSSR count). The summed E-state index contributed by atoms with van der Waals surface area (Å²) in [5.41, 5.74) is -1.92. The first-order valence-corrected chi connectivity index (χ1v) is 11.1. The maximum Gasteiger partial charge on any atom is 0.264 e.